The Hall–Kier alpha value is -2.11. The fourth-order valence-electron chi connectivity index (χ4n) is 2.53. The normalized spacial score (nSPS) is 18.1. The van der Waals surface area contributed by atoms with Crippen LogP contribution >= 0.6 is 0 Å². The van der Waals surface area contributed by atoms with Gasteiger partial charge in [-0.05, 0) is 18.4 Å². The minimum atomic E-state index is -0.0589. The van der Waals surface area contributed by atoms with Crippen LogP contribution in [0.3, 0.4) is 0 Å². The van der Waals surface area contributed by atoms with Gasteiger partial charge in [-0.25, -0.2) is 4.98 Å². The van der Waals surface area contributed by atoms with E-state index in [1.807, 2.05) is 12.4 Å². The molecular weight excluding hydrogens is 242 g/mol. The van der Waals surface area contributed by atoms with Crippen LogP contribution in [0.1, 0.15) is 22.7 Å². The third kappa shape index (κ3) is 2.38. The van der Waals surface area contributed by atoms with E-state index in [1.54, 1.807) is 24.0 Å². The molecule has 1 aliphatic heterocycles. The summed E-state index contributed by atoms with van der Waals surface area (Å²) in [6.45, 7) is 1.63. The van der Waals surface area contributed by atoms with Gasteiger partial charge >= 0.3 is 0 Å². The van der Waals surface area contributed by atoms with E-state index in [9.17, 15) is 4.79 Å². The molecule has 0 aromatic carbocycles. The Morgan fingerprint density at radius 2 is 2.42 bits per heavy atom. The first kappa shape index (κ1) is 12.0. The van der Waals surface area contributed by atoms with Crippen molar-refractivity contribution in [3.8, 4) is 0 Å². The van der Waals surface area contributed by atoms with Crippen molar-refractivity contribution >= 4 is 5.91 Å². The molecule has 1 N–H and O–H groups in total. The highest BCUT2D eigenvalue weighted by Gasteiger charge is 2.19. The number of nitrogens with one attached hydrogen (secondary N) is 1. The number of aromatic nitrogens is 4. The Balaban J connectivity index is 1.56. The zero-order valence-electron chi connectivity index (χ0n) is 10.9. The van der Waals surface area contributed by atoms with Crippen LogP contribution < -0.4 is 5.32 Å². The number of hydrogen-bond donors (Lipinski definition) is 1. The minimum Gasteiger partial charge on any atom is -0.350 e. The standard InChI is InChI=1S/C13H17N5O/c1-17-11(4-5-16-17)13(19)15-8-10-2-3-12-14-6-7-18(12)9-10/h4-7,10H,2-3,8-9H2,1H3,(H,15,19)/t10-/m0/s1. The average molecular weight is 259 g/mol. The van der Waals surface area contributed by atoms with Crippen LogP contribution in [0.2, 0.25) is 0 Å². The van der Waals surface area contributed by atoms with Crippen molar-refractivity contribution in [3.05, 3.63) is 36.2 Å². The lowest BCUT2D eigenvalue weighted by atomic mass is 9.99. The maximum Gasteiger partial charge on any atom is 0.269 e. The van der Waals surface area contributed by atoms with E-state index in [0.29, 0.717) is 18.2 Å². The molecule has 0 bridgehead atoms. The summed E-state index contributed by atoms with van der Waals surface area (Å²) in [5, 5.41) is 6.98. The summed E-state index contributed by atoms with van der Waals surface area (Å²) in [6.07, 6.45) is 7.53. The van der Waals surface area contributed by atoms with E-state index in [1.165, 1.54) is 0 Å². The third-order valence-electron chi connectivity index (χ3n) is 3.64. The smallest absolute Gasteiger partial charge is 0.269 e. The van der Waals surface area contributed by atoms with Crippen molar-refractivity contribution in [2.45, 2.75) is 19.4 Å². The first-order valence-electron chi connectivity index (χ1n) is 6.50. The number of imidazole rings is 1. The summed E-state index contributed by atoms with van der Waals surface area (Å²) in [5.74, 6) is 1.56. The summed E-state index contributed by atoms with van der Waals surface area (Å²) in [4.78, 5) is 16.3. The second-order valence-corrected chi connectivity index (χ2v) is 4.95. The molecular formula is C13H17N5O. The number of nitrogens with zero attached hydrogens (tertiary/aromatic N) is 4. The molecule has 0 fully saturated rings. The molecule has 19 heavy (non-hydrogen) atoms. The molecule has 0 spiro atoms. The van der Waals surface area contributed by atoms with E-state index >= 15 is 0 Å². The second-order valence-electron chi connectivity index (χ2n) is 4.95. The summed E-state index contributed by atoms with van der Waals surface area (Å²) in [5.41, 5.74) is 0.596. The Labute approximate surface area is 111 Å². The predicted octanol–water partition coefficient (Wildman–Crippen LogP) is 0.609. The first-order chi connectivity index (χ1) is 9.24. The second kappa shape index (κ2) is 4.87. The number of amides is 1. The number of aryl methyl sites for hydroxylation is 2. The third-order valence-corrected chi connectivity index (χ3v) is 3.64. The van der Waals surface area contributed by atoms with Crippen LogP contribution in [0.4, 0.5) is 0 Å². The molecule has 1 atom stereocenters. The lowest BCUT2D eigenvalue weighted by molar-refractivity contribution is 0.0934. The van der Waals surface area contributed by atoms with E-state index in [4.69, 9.17) is 0 Å². The maximum absolute atomic E-state index is 12.0. The molecule has 2 aromatic heterocycles. The molecule has 3 heterocycles. The van der Waals surface area contributed by atoms with Crippen molar-refractivity contribution < 1.29 is 4.79 Å². The van der Waals surface area contributed by atoms with Crippen molar-refractivity contribution in [2.24, 2.45) is 13.0 Å². The molecule has 0 aliphatic carbocycles. The summed E-state index contributed by atoms with van der Waals surface area (Å²) < 4.78 is 3.76. The molecule has 1 amide bonds. The Bertz CT molecular complexity index is 585. The van der Waals surface area contributed by atoms with Crippen molar-refractivity contribution in [1.29, 1.82) is 0 Å². The number of fused-ring (bicyclic) bond motifs is 1. The average Bonchev–Trinajstić information content (AvgIpc) is 3.03. The van der Waals surface area contributed by atoms with E-state index in [-0.39, 0.29) is 5.91 Å². The van der Waals surface area contributed by atoms with Gasteiger partial charge in [-0.15, -0.1) is 0 Å². The fraction of sp³-hybridized carbons (Fsp3) is 0.462. The maximum atomic E-state index is 12.0. The van der Waals surface area contributed by atoms with E-state index in [2.05, 4.69) is 20.0 Å². The highest BCUT2D eigenvalue weighted by molar-refractivity contribution is 5.92. The monoisotopic (exact) mass is 259 g/mol. The molecule has 0 unspecified atom stereocenters. The number of carbonyl (C=O) groups excluding carboxylic acids is 1. The summed E-state index contributed by atoms with van der Waals surface area (Å²) >= 11 is 0. The van der Waals surface area contributed by atoms with Gasteiger partial charge in [-0.1, -0.05) is 0 Å². The molecule has 6 heteroatoms. The van der Waals surface area contributed by atoms with E-state index in [0.717, 1.165) is 25.2 Å². The molecule has 3 rings (SSSR count). The SMILES string of the molecule is Cn1nccc1C(=O)NC[C@@H]1CCc2nccn2C1. The van der Waals surface area contributed by atoms with Gasteiger partial charge in [0.2, 0.25) is 0 Å². The lowest BCUT2D eigenvalue weighted by Gasteiger charge is -2.23. The Morgan fingerprint density at radius 3 is 3.21 bits per heavy atom. The lowest BCUT2D eigenvalue weighted by Crippen LogP contribution is -2.34. The zero-order valence-corrected chi connectivity index (χ0v) is 10.9. The molecule has 1 aliphatic rings. The van der Waals surface area contributed by atoms with Crippen LogP contribution in [0.5, 0.6) is 0 Å². The molecule has 100 valence electrons. The van der Waals surface area contributed by atoms with Crippen LogP contribution in [0, 0.1) is 5.92 Å². The van der Waals surface area contributed by atoms with Crippen LogP contribution in [-0.4, -0.2) is 31.8 Å². The van der Waals surface area contributed by atoms with Crippen molar-refractivity contribution in [2.75, 3.05) is 6.54 Å². The number of hydrogen-bond acceptors (Lipinski definition) is 3. The van der Waals surface area contributed by atoms with Gasteiger partial charge in [0.25, 0.3) is 5.91 Å². The molecule has 0 radical (unpaired) electrons. The Morgan fingerprint density at radius 1 is 1.53 bits per heavy atom. The Kier molecular flexibility index (Phi) is 3.06. The molecule has 0 saturated heterocycles. The zero-order chi connectivity index (χ0) is 13.2. The van der Waals surface area contributed by atoms with Crippen molar-refractivity contribution in [3.63, 3.8) is 0 Å². The van der Waals surface area contributed by atoms with Gasteiger partial charge in [-0.3, -0.25) is 9.48 Å². The van der Waals surface area contributed by atoms with E-state index < -0.39 is 0 Å². The highest BCUT2D eigenvalue weighted by Crippen LogP contribution is 2.17. The van der Waals surface area contributed by atoms with Gasteiger partial charge in [0, 0.05) is 45.1 Å². The van der Waals surface area contributed by atoms with Crippen molar-refractivity contribution in [1.82, 2.24) is 24.6 Å². The number of rotatable bonds is 3. The van der Waals surface area contributed by atoms with Gasteiger partial charge in [0.1, 0.15) is 11.5 Å². The molecule has 0 saturated carbocycles. The van der Waals surface area contributed by atoms with Crippen LogP contribution in [0.15, 0.2) is 24.7 Å². The molecule has 6 nitrogen and oxygen atoms in total. The van der Waals surface area contributed by atoms with Crippen LogP contribution in [0.25, 0.3) is 0 Å². The molecule has 2 aromatic rings. The van der Waals surface area contributed by atoms with Gasteiger partial charge in [0.05, 0.1) is 0 Å². The van der Waals surface area contributed by atoms with Gasteiger partial charge in [-0.2, -0.15) is 5.10 Å². The summed E-state index contributed by atoms with van der Waals surface area (Å²) in [7, 11) is 1.77. The fourth-order valence-corrected chi connectivity index (χ4v) is 2.53. The van der Waals surface area contributed by atoms with Crippen LogP contribution in [-0.2, 0) is 20.0 Å². The minimum absolute atomic E-state index is 0.0589. The first-order valence-corrected chi connectivity index (χ1v) is 6.50. The predicted molar refractivity (Wildman–Crippen MR) is 69.6 cm³/mol. The topological polar surface area (TPSA) is 64.7 Å². The highest BCUT2D eigenvalue weighted by atomic mass is 16.2. The summed E-state index contributed by atoms with van der Waals surface area (Å²) in [6, 6.07) is 1.73. The number of carbonyl (C=O) groups is 1. The quantitative estimate of drug-likeness (QED) is 0.878. The van der Waals surface area contributed by atoms with Gasteiger partial charge in [0.15, 0.2) is 0 Å². The largest absolute Gasteiger partial charge is 0.350 e. The van der Waals surface area contributed by atoms with Gasteiger partial charge < -0.3 is 9.88 Å².